The van der Waals surface area contributed by atoms with Crippen LogP contribution in [0.3, 0.4) is 0 Å². The fraction of sp³-hybridized carbons (Fsp3) is 0.375. The fourth-order valence-electron chi connectivity index (χ4n) is 4.58. The number of hydrogen-bond acceptors (Lipinski definition) is 8. The molecule has 0 unspecified atom stereocenters. The Labute approximate surface area is 272 Å². The van der Waals surface area contributed by atoms with Crippen LogP contribution in [0.1, 0.15) is 66.3 Å². The zero-order valence-corrected chi connectivity index (χ0v) is 27.5. The van der Waals surface area contributed by atoms with Crippen LogP contribution >= 0.6 is 11.3 Å². The highest BCUT2D eigenvalue weighted by Gasteiger charge is 2.27. The maximum absolute atomic E-state index is 13.2. The van der Waals surface area contributed by atoms with Crippen LogP contribution in [0, 0.1) is 11.8 Å². The van der Waals surface area contributed by atoms with Gasteiger partial charge in [-0.1, -0.05) is 45.0 Å². The number of carboxylic acids is 1. The van der Waals surface area contributed by atoms with E-state index in [1.165, 1.54) is 30.3 Å². The number of anilines is 1. The van der Waals surface area contributed by atoms with E-state index in [1.807, 2.05) is 13.8 Å². The lowest BCUT2D eigenvalue weighted by Gasteiger charge is -2.27. The average molecular weight is 673 g/mol. The third-order valence-corrected chi connectivity index (χ3v) is 9.81. The van der Waals surface area contributed by atoms with Gasteiger partial charge in [0.1, 0.15) is 4.21 Å². The Kier molecular flexibility index (Phi) is 13.3. The van der Waals surface area contributed by atoms with Gasteiger partial charge in [0, 0.05) is 36.7 Å². The number of carbonyl (C=O) groups excluding carboxylic acids is 3. The molecule has 46 heavy (non-hydrogen) atoms. The van der Waals surface area contributed by atoms with Gasteiger partial charge in [0.15, 0.2) is 0 Å². The van der Waals surface area contributed by atoms with Crippen LogP contribution in [0.4, 0.5) is 5.69 Å². The molecule has 3 aromatic rings. The lowest BCUT2D eigenvalue weighted by molar-refractivity contribution is -0.126. The summed E-state index contributed by atoms with van der Waals surface area (Å²) in [4.78, 5) is 49.0. The molecule has 2 aromatic carbocycles. The predicted molar refractivity (Wildman–Crippen MR) is 175 cm³/mol. The first-order valence-corrected chi connectivity index (χ1v) is 17.1. The topological polar surface area (TPSA) is 191 Å². The number of carbonyl (C=O) groups is 4. The van der Waals surface area contributed by atoms with E-state index in [4.69, 9.17) is 5.11 Å². The number of aliphatic hydroxyl groups excluding tert-OH is 1. The Bertz CT molecular complexity index is 1590. The predicted octanol–water partition coefficient (Wildman–Crippen LogP) is 3.60. The number of thiophene rings is 1. The second-order valence-electron chi connectivity index (χ2n) is 11.4. The molecule has 1 heterocycles. The molecular weight excluding hydrogens is 633 g/mol. The number of rotatable bonds is 17. The largest absolute Gasteiger partial charge is 0.478 e. The van der Waals surface area contributed by atoms with Gasteiger partial charge >= 0.3 is 5.97 Å². The summed E-state index contributed by atoms with van der Waals surface area (Å²) in [7, 11) is -3.80. The van der Waals surface area contributed by atoms with E-state index in [0.717, 1.165) is 16.9 Å². The molecule has 0 saturated carbocycles. The molecule has 0 bridgehead atoms. The summed E-state index contributed by atoms with van der Waals surface area (Å²) in [5.41, 5.74) is 1.31. The van der Waals surface area contributed by atoms with Gasteiger partial charge in [-0.15, -0.1) is 11.3 Å². The number of amides is 3. The molecule has 6 N–H and O–H groups in total. The van der Waals surface area contributed by atoms with E-state index < -0.39 is 40.0 Å². The lowest BCUT2D eigenvalue weighted by Crippen LogP contribution is -2.46. The highest BCUT2D eigenvalue weighted by atomic mass is 32.2. The van der Waals surface area contributed by atoms with Gasteiger partial charge in [0.05, 0.1) is 17.7 Å². The molecule has 248 valence electrons. The molecule has 0 radical (unpaired) electrons. The van der Waals surface area contributed by atoms with Gasteiger partial charge in [-0.05, 0) is 66.1 Å². The molecule has 0 aliphatic rings. The molecule has 0 aliphatic heterocycles. The van der Waals surface area contributed by atoms with E-state index >= 15 is 0 Å². The molecule has 3 atom stereocenters. The fourth-order valence-corrected chi connectivity index (χ4v) is 6.62. The highest BCUT2D eigenvalue weighted by Crippen LogP contribution is 2.22. The van der Waals surface area contributed by atoms with Crippen molar-refractivity contribution in [3.8, 4) is 0 Å². The van der Waals surface area contributed by atoms with Gasteiger partial charge < -0.3 is 26.2 Å². The van der Waals surface area contributed by atoms with Crippen molar-refractivity contribution in [3.05, 3.63) is 82.7 Å². The quantitative estimate of drug-likeness (QED) is 0.125. The summed E-state index contributed by atoms with van der Waals surface area (Å²) in [6, 6.07) is 14.6. The van der Waals surface area contributed by atoms with E-state index in [-0.39, 0.29) is 64.7 Å². The molecule has 14 heteroatoms. The van der Waals surface area contributed by atoms with Gasteiger partial charge in [0.25, 0.3) is 15.9 Å². The van der Waals surface area contributed by atoms with Crippen LogP contribution in [0.2, 0.25) is 0 Å². The Morgan fingerprint density at radius 2 is 1.61 bits per heavy atom. The van der Waals surface area contributed by atoms with Crippen molar-refractivity contribution in [1.29, 1.82) is 0 Å². The molecule has 0 spiro atoms. The SMILES string of the molecule is CC(C)C[C@H](NC(=O)c1cccc(NS(=O)(=O)c2cccs2)c1)[C@@H](O)C[C@@H](C)C(=O)NCCC(=O)NCc1ccc(C(=O)O)cc1. The van der Waals surface area contributed by atoms with Gasteiger partial charge in [0.2, 0.25) is 11.8 Å². The minimum Gasteiger partial charge on any atom is -0.478 e. The Balaban J connectivity index is 1.49. The van der Waals surface area contributed by atoms with Gasteiger partial charge in [-0.25, -0.2) is 13.2 Å². The number of carboxylic acid groups (broad SMARTS) is 1. The van der Waals surface area contributed by atoms with Crippen molar-refractivity contribution >= 4 is 50.7 Å². The van der Waals surface area contributed by atoms with E-state index in [1.54, 1.807) is 42.6 Å². The van der Waals surface area contributed by atoms with Crippen molar-refractivity contribution in [1.82, 2.24) is 16.0 Å². The number of sulfonamides is 1. The maximum atomic E-state index is 13.2. The number of aliphatic hydroxyl groups is 1. The van der Waals surface area contributed by atoms with E-state index in [0.29, 0.717) is 6.42 Å². The standard InChI is InChI=1S/C32H40N4O8S2/c1-20(2)16-26(35-31(40)24-6-4-7-25(18-24)36-46(43,44)29-8-5-15-45-29)27(37)17-21(3)30(39)33-14-13-28(38)34-19-22-9-11-23(12-10-22)32(41)42/h4-12,15,18,20-21,26-27,36-37H,13-14,16-17,19H2,1-3H3,(H,33,39)(H,34,38)(H,35,40)(H,41,42)/t21-,26+,27+/m1/s1. The molecule has 1 aromatic heterocycles. The Hall–Kier alpha value is -4.27. The summed E-state index contributed by atoms with van der Waals surface area (Å²) in [6.45, 7) is 5.84. The van der Waals surface area contributed by atoms with Crippen LogP contribution in [-0.4, -0.2) is 61.0 Å². The highest BCUT2D eigenvalue weighted by molar-refractivity contribution is 7.94. The summed E-state index contributed by atoms with van der Waals surface area (Å²) in [5.74, 6) is -2.68. The third kappa shape index (κ3) is 11.3. The second-order valence-corrected chi connectivity index (χ2v) is 14.2. The van der Waals surface area contributed by atoms with Gasteiger partial charge in [-0.3, -0.25) is 19.1 Å². The first kappa shape index (κ1) is 36.2. The van der Waals surface area contributed by atoms with Crippen LogP contribution in [-0.2, 0) is 26.2 Å². The Morgan fingerprint density at radius 1 is 0.891 bits per heavy atom. The second kappa shape index (κ2) is 16.9. The molecule has 0 saturated heterocycles. The van der Waals surface area contributed by atoms with Crippen LogP contribution in [0.25, 0.3) is 0 Å². The smallest absolute Gasteiger partial charge is 0.335 e. The first-order valence-electron chi connectivity index (χ1n) is 14.8. The minimum atomic E-state index is -3.80. The zero-order valence-electron chi connectivity index (χ0n) is 25.9. The molecule has 0 aliphatic carbocycles. The molecule has 3 amide bonds. The van der Waals surface area contributed by atoms with Crippen LogP contribution < -0.4 is 20.7 Å². The minimum absolute atomic E-state index is 0.0306. The first-order chi connectivity index (χ1) is 21.7. The average Bonchev–Trinajstić information content (AvgIpc) is 3.56. The number of aromatic carboxylic acids is 1. The number of nitrogens with one attached hydrogen (secondary N) is 4. The van der Waals surface area contributed by atoms with Crippen molar-refractivity contribution < 1.29 is 37.8 Å². The molecular formula is C32H40N4O8S2. The summed E-state index contributed by atoms with van der Waals surface area (Å²) in [6.07, 6.45) is -0.528. The molecule has 0 fully saturated rings. The van der Waals surface area contributed by atoms with Crippen molar-refractivity contribution in [2.45, 2.75) is 62.9 Å². The third-order valence-electron chi connectivity index (χ3n) is 7.03. The summed E-state index contributed by atoms with van der Waals surface area (Å²) >= 11 is 1.07. The molecule has 3 rings (SSSR count). The van der Waals surface area contributed by atoms with E-state index in [9.17, 15) is 32.7 Å². The molecule has 12 nitrogen and oxygen atoms in total. The zero-order chi connectivity index (χ0) is 33.9. The van der Waals surface area contributed by atoms with Gasteiger partial charge in [-0.2, -0.15) is 0 Å². The summed E-state index contributed by atoms with van der Waals surface area (Å²) in [5, 5.41) is 29.9. The van der Waals surface area contributed by atoms with Crippen LogP contribution in [0.5, 0.6) is 0 Å². The van der Waals surface area contributed by atoms with Crippen molar-refractivity contribution in [2.24, 2.45) is 11.8 Å². The normalized spacial score (nSPS) is 13.3. The van der Waals surface area contributed by atoms with Crippen molar-refractivity contribution in [2.75, 3.05) is 11.3 Å². The lowest BCUT2D eigenvalue weighted by atomic mass is 9.92. The monoisotopic (exact) mass is 672 g/mol. The summed E-state index contributed by atoms with van der Waals surface area (Å²) < 4.78 is 27.8. The maximum Gasteiger partial charge on any atom is 0.335 e. The van der Waals surface area contributed by atoms with Crippen molar-refractivity contribution in [3.63, 3.8) is 0 Å². The van der Waals surface area contributed by atoms with E-state index in [2.05, 4.69) is 20.7 Å². The number of benzene rings is 2. The number of hydrogen-bond donors (Lipinski definition) is 6. The van der Waals surface area contributed by atoms with Crippen LogP contribution in [0.15, 0.2) is 70.3 Å². The Morgan fingerprint density at radius 3 is 2.24 bits per heavy atom.